The fourth-order valence-corrected chi connectivity index (χ4v) is 1.49. The average molecular weight is 228 g/mol. The quantitative estimate of drug-likeness (QED) is 0.346. The molecule has 0 fully saturated rings. The van der Waals surface area contributed by atoms with E-state index in [1.54, 1.807) is 6.92 Å². The third kappa shape index (κ3) is 11.0. The maximum absolute atomic E-state index is 10.9. The summed E-state index contributed by atoms with van der Waals surface area (Å²) in [6.07, 6.45) is 11.3. The molecule has 0 aromatic heterocycles. The maximum atomic E-state index is 10.9. The van der Waals surface area contributed by atoms with Gasteiger partial charge in [0, 0.05) is 0 Å². The third-order valence-corrected chi connectivity index (χ3v) is 2.56. The maximum Gasteiger partial charge on any atom is 0.767 e. The summed E-state index contributed by atoms with van der Waals surface area (Å²) in [5.74, 6) is 0. The second-order valence-electron chi connectivity index (χ2n) is 2.92. The summed E-state index contributed by atoms with van der Waals surface area (Å²) in [5, 5.41) is 0. The topological polar surface area (TPSA) is 35.5 Å². The molecule has 4 heteroatoms. The molecular formula is C11H20O3Si. The first-order valence-corrected chi connectivity index (χ1v) is 6.63. The molecule has 0 aliphatic carbocycles. The van der Waals surface area contributed by atoms with Crippen molar-refractivity contribution in [3.05, 3.63) is 24.3 Å². The molecule has 0 aromatic rings. The van der Waals surface area contributed by atoms with Gasteiger partial charge in [-0.3, -0.25) is 4.46 Å². The van der Waals surface area contributed by atoms with Crippen LogP contribution < -0.4 is 0 Å². The minimum Gasteiger partial charge on any atom is -0.496 e. The molecule has 0 aliphatic rings. The fraction of sp³-hybridized carbons (Fsp3) is 0.636. The number of allylic oxidation sites excluding steroid dienone is 3. The Labute approximate surface area is 93.7 Å². The highest BCUT2D eigenvalue weighted by Gasteiger charge is 2.06. The summed E-state index contributed by atoms with van der Waals surface area (Å²) in [6.45, 7) is 4.71. The first-order valence-electron chi connectivity index (χ1n) is 5.40. The molecule has 0 saturated carbocycles. The van der Waals surface area contributed by atoms with E-state index in [0.717, 1.165) is 19.3 Å². The lowest BCUT2D eigenvalue weighted by atomic mass is 10.2. The highest BCUT2D eigenvalue weighted by Crippen LogP contribution is 1.94. The van der Waals surface area contributed by atoms with E-state index in [0.29, 0.717) is 13.2 Å². The van der Waals surface area contributed by atoms with Crippen LogP contribution in [0.1, 0.15) is 33.1 Å². The molecule has 0 saturated heterocycles. The van der Waals surface area contributed by atoms with Gasteiger partial charge in [-0.2, -0.15) is 0 Å². The number of unbranched alkanes of at least 4 members (excludes halogenated alkanes) is 1. The van der Waals surface area contributed by atoms with Gasteiger partial charge in [0.15, 0.2) is 0 Å². The van der Waals surface area contributed by atoms with Gasteiger partial charge in [-0.1, -0.05) is 31.2 Å². The minimum absolute atomic E-state index is 0.370. The van der Waals surface area contributed by atoms with Gasteiger partial charge in [0.2, 0.25) is 0 Å². The normalized spacial score (nSPS) is 11.1. The second kappa shape index (κ2) is 11.2. The molecule has 0 heterocycles. The van der Waals surface area contributed by atoms with Gasteiger partial charge in [0.25, 0.3) is 0 Å². The largest absolute Gasteiger partial charge is 0.767 e. The molecule has 0 radical (unpaired) electrons. The van der Waals surface area contributed by atoms with Crippen LogP contribution in [-0.2, 0) is 13.3 Å². The molecule has 0 aromatic carbocycles. The predicted octanol–water partition coefficient (Wildman–Crippen LogP) is 2.76. The van der Waals surface area contributed by atoms with Crippen LogP contribution >= 0.6 is 0 Å². The number of rotatable bonds is 9. The Morgan fingerprint density at radius 1 is 1.00 bits per heavy atom. The minimum atomic E-state index is -2.26. The predicted molar refractivity (Wildman–Crippen MR) is 61.8 cm³/mol. The highest BCUT2D eigenvalue weighted by molar-refractivity contribution is 6.26. The van der Waals surface area contributed by atoms with Gasteiger partial charge < -0.3 is 8.85 Å². The zero-order chi connectivity index (χ0) is 11.4. The van der Waals surface area contributed by atoms with Gasteiger partial charge in [-0.15, -0.1) is 0 Å². The Balaban J connectivity index is 3.31. The lowest BCUT2D eigenvalue weighted by molar-refractivity contribution is 0.190. The van der Waals surface area contributed by atoms with Crippen LogP contribution in [0.4, 0.5) is 0 Å². The van der Waals surface area contributed by atoms with Crippen molar-refractivity contribution in [2.45, 2.75) is 33.1 Å². The Morgan fingerprint density at radius 2 is 1.67 bits per heavy atom. The average Bonchev–Trinajstić information content (AvgIpc) is 2.22. The Morgan fingerprint density at radius 3 is 2.27 bits per heavy atom. The fourth-order valence-electron chi connectivity index (χ4n) is 0.939. The molecule has 0 atom stereocenters. The Hall–Kier alpha value is -0.903. The van der Waals surface area contributed by atoms with Crippen LogP contribution in [0.3, 0.4) is 0 Å². The molecule has 0 amide bonds. The van der Waals surface area contributed by atoms with Crippen LogP contribution in [0, 0.1) is 0 Å². The van der Waals surface area contributed by atoms with Crippen molar-refractivity contribution in [3.8, 4) is 0 Å². The lowest BCUT2D eigenvalue weighted by Crippen LogP contribution is -2.11. The van der Waals surface area contributed by atoms with Gasteiger partial charge in [-0.25, -0.2) is 0 Å². The summed E-state index contributed by atoms with van der Waals surface area (Å²) in [5.41, 5.74) is 0. The zero-order valence-electron chi connectivity index (χ0n) is 9.57. The summed E-state index contributed by atoms with van der Waals surface area (Å²) in [4.78, 5) is 0. The van der Waals surface area contributed by atoms with Crippen molar-refractivity contribution in [3.63, 3.8) is 0 Å². The summed E-state index contributed by atoms with van der Waals surface area (Å²) in [6, 6.07) is 0. The van der Waals surface area contributed by atoms with Crippen molar-refractivity contribution in [1.82, 2.24) is 0 Å². The number of hydrogen-bond donors (Lipinski definition) is 0. The van der Waals surface area contributed by atoms with E-state index >= 15 is 0 Å². The van der Waals surface area contributed by atoms with Crippen LogP contribution in [-0.4, -0.2) is 22.4 Å². The third-order valence-electron chi connectivity index (χ3n) is 1.63. The molecule has 0 spiro atoms. The van der Waals surface area contributed by atoms with E-state index < -0.39 is 9.17 Å². The van der Waals surface area contributed by atoms with Gasteiger partial charge >= 0.3 is 9.17 Å². The van der Waals surface area contributed by atoms with E-state index in [1.807, 2.05) is 12.2 Å². The molecular weight excluding hydrogens is 208 g/mol. The van der Waals surface area contributed by atoms with Gasteiger partial charge in [0.1, 0.15) is 0 Å². The lowest BCUT2D eigenvalue weighted by Gasteiger charge is -1.99. The van der Waals surface area contributed by atoms with E-state index in [4.69, 9.17) is 8.85 Å². The summed E-state index contributed by atoms with van der Waals surface area (Å²) < 4.78 is 20.6. The van der Waals surface area contributed by atoms with E-state index in [-0.39, 0.29) is 0 Å². The van der Waals surface area contributed by atoms with Crippen molar-refractivity contribution >= 4 is 9.17 Å². The standard InChI is InChI=1S/C11H20O3Si/c1-3-5-6-7-8-9-10-11-14-15(12)13-4-2/h5-6,9-10H,3-4,7-8,11H2,1-2H3/b6-5+,10-9+. The van der Waals surface area contributed by atoms with Crippen molar-refractivity contribution < 1.29 is 13.3 Å². The Kier molecular flexibility index (Phi) is 10.5. The van der Waals surface area contributed by atoms with Crippen LogP contribution in [0.15, 0.2) is 24.3 Å². The molecule has 3 nitrogen and oxygen atoms in total. The summed E-state index contributed by atoms with van der Waals surface area (Å²) in [7, 11) is -2.26. The molecule has 0 bridgehead atoms. The first-order chi connectivity index (χ1) is 7.31. The van der Waals surface area contributed by atoms with Crippen molar-refractivity contribution in [2.75, 3.05) is 13.2 Å². The Bertz CT molecular complexity index is 212. The molecule has 15 heavy (non-hydrogen) atoms. The van der Waals surface area contributed by atoms with Gasteiger partial charge in [0.05, 0.1) is 13.2 Å². The first kappa shape index (κ1) is 14.1. The highest BCUT2D eigenvalue weighted by atomic mass is 28.3. The van der Waals surface area contributed by atoms with Crippen molar-refractivity contribution in [1.29, 1.82) is 0 Å². The number of hydrogen-bond acceptors (Lipinski definition) is 3. The zero-order valence-corrected chi connectivity index (χ0v) is 10.6. The van der Waals surface area contributed by atoms with E-state index in [9.17, 15) is 4.46 Å². The molecule has 0 rings (SSSR count). The van der Waals surface area contributed by atoms with Gasteiger partial charge in [-0.05, 0) is 26.2 Å². The van der Waals surface area contributed by atoms with Crippen molar-refractivity contribution in [2.24, 2.45) is 0 Å². The SMILES string of the molecule is CC/C=C/CC/C=C/CO[Si](=O)OCC. The van der Waals surface area contributed by atoms with E-state index in [2.05, 4.69) is 19.1 Å². The molecule has 86 valence electrons. The van der Waals surface area contributed by atoms with Crippen LogP contribution in [0.5, 0.6) is 0 Å². The van der Waals surface area contributed by atoms with Crippen LogP contribution in [0.2, 0.25) is 0 Å². The second-order valence-corrected chi connectivity index (χ2v) is 4.00. The monoisotopic (exact) mass is 228 g/mol. The molecule has 0 unspecified atom stereocenters. The smallest absolute Gasteiger partial charge is 0.496 e. The molecule has 0 N–H and O–H groups in total. The van der Waals surface area contributed by atoms with Crippen LogP contribution in [0.25, 0.3) is 0 Å². The summed E-state index contributed by atoms with van der Waals surface area (Å²) >= 11 is 0. The molecule has 0 aliphatic heterocycles. The van der Waals surface area contributed by atoms with E-state index in [1.165, 1.54) is 0 Å².